The summed E-state index contributed by atoms with van der Waals surface area (Å²) in [6.45, 7) is 3.93. The second-order valence-corrected chi connectivity index (χ2v) is 6.74. The average molecular weight is 317 g/mol. The molecule has 4 nitrogen and oxygen atoms in total. The van der Waals surface area contributed by atoms with Crippen LogP contribution in [0.5, 0.6) is 0 Å². The molecule has 0 spiro atoms. The van der Waals surface area contributed by atoms with E-state index in [9.17, 15) is 4.79 Å². The molecule has 2 heterocycles. The average Bonchev–Trinajstić information content (AvgIpc) is 3.06. The predicted octanol–water partition coefficient (Wildman–Crippen LogP) is 3.99. The lowest BCUT2D eigenvalue weighted by Crippen LogP contribution is -2.33. The molecule has 1 amide bonds. The summed E-state index contributed by atoms with van der Waals surface area (Å²) < 4.78 is 0. The van der Waals surface area contributed by atoms with Crippen LogP contribution < -0.4 is 4.90 Å². The van der Waals surface area contributed by atoms with Crippen LogP contribution in [0.3, 0.4) is 0 Å². The van der Waals surface area contributed by atoms with E-state index in [1.54, 1.807) is 4.90 Å². The van der Waals surface area contributed by atoms with Crippen molar-refractivity contribution in [3.63, 3.8) is 0 Å². The summed E-state index contributed by atoms with van der Waals surface area (Å²) >= 11 is 0. The highest BCUT2D eigenvalue weighted by Crippen LogP contribution is 2.42. The number of amides is 1. The van der Waals surface area contributed by atoms with Gasteiger partial charge in [-0.15, -0.1) is 0 Å². The molecule has 0 saturated carbocycles. The predicted molar refractivity (Wildman–Crippen MR) is 97.9 cm³/mol. The van der Waals surface area contributed by atoms with Gasteiger partial charge < -0.3 is 9.88 Å². The molecule has 24 heavy (non-hydrogen) atoms. The Labute approximate surface area is 140 Å². The maximum Gasteiger partial charge on any atom is 0.236 e. The lowest BCUT2D eigenvalue weighted by molar-refractivity contribution is -0.121. The van der Waals surface area contributed by atoms with Gasteiger partial charge >= 0.3 is 0 Å². The zero-order valence-corrected chi connectivity index (χ0v) is 14.0. The zero-order chi connectivity index (χ0) is 16.9. The molecular weight excluding hydrogens is 298 g/mol. The van der Waals surface area contributed by atoms with E-state index in [4.69, 9.17) is 0 Å². The summed E-state index contributed by atoms with van der Waals surface area (Å²) in [6.07, 6.45) is 4.01. The van der Waals surface area contributed by atoms with Gasteiger partial charge in [-0.2, -0.15) is 0 Å². The van der Waals surface area contributed by atoms with Crippen LogP contribution in [-0.2, 0) is 10.2 Å². The fourth-order valence-corrected chi connectivity index (χ4v) is 3.31. The molecule has 0 saturated heterocycles. The third-order valence-electron chi connectivity index (χ3n) is 4.72. The first-order valence-electron chi connectivity index (χ1n) is 8.02. The molecular formula is C20H19N3O. The number of H-pyrrole nitrogens is 1. The molecule has 0 fully saturated rings. The van der Waals surface area contributed by atoms with Crippen LogP contribution in [0.1, 0.15) is 30.8 Å². The smallest absolute Gasteiger partial charge is 0.236 e. The Kier molecular flexibility index (Phi) is 3.10. The van der Waals surface area contributed by atoms with Crippen LogP contribution in [0.4, 0.5) is 5.69 Å². The number of nitrogens with zero attached hydrogens (tertiary/aromatic N) is 2. The standard InChI is InChI=1S/C20H19N3O/c1-20(2)14-11-15-16(12-17(14)23(3)19(20)24)22-18(21-15)10-9-13-7-5-4-6-8-13/h4-12H,1-3H3,(H,21,22)/b10-9+. The summed E-state index contributed by atoms with van der Waals surface area (Å²) in [7, 11) is 1.83. The van der Waals surface area contributed by atoms with E-state index in [0.29, 0.717) is 0 Å². The topological polar surface area (TPSA) is 49.0 Å². The Bertz CT molecular complexity index is 967. The van der Waals surface area contributed by atoms with E-state index in [-0.39, 0.29) is 5.91 Å². The quantitative estimate of drug-likeness (QED) is 0.777. The molecule has 4 heteroatoms. The molecule has 4 rings (SSSR count). The third kappa shape index (κ3) is 2.14. The molecule has 1 N–H and O–H groups in total. The van der Waals surface area contributed by atoms with Crippen molar-refractivity contribution in [1.29, 1.82) is 0 Å². The van der Waals surface area contributed by atoms with Crippen molar-refractivity contribution in [3.05, 3.63) is 59.4 Å². The molecule has 2 aromatic carbocycles. The third-order valence-corrected chi connectivity index (χ3v) is 4.72. The van der Waals surface area contributed by atoms with Crippen LogP contribution in [0.15, 0.2) is 42.5 Å². The van der Waals surface area contributed by atoms with E-state index in [2.05, 4.69) is 22.1 Å². The fourth-order valence-electron chi connectivity index (χ4n) is 3.31. The monoisotopic (exact) mass is 317 g/mol. The van der Waals surface area contributed by atoms with Crippen LogP contribution in [0, 0.1) is 0 Å². The molecule has 1 aliphatic rings. The SMILES string of the molecule is CN1C(=O)C(C)(C)c2cc3nc(/C=C/c4ccccc4)[nH]c3cc21. The number of carbonyl (C=O) groups is 1. The fraction of sp³-hybridized carbons (Fsp3) is 0.200. The van der Waals surface area contributed by atoms with Gasteiger partial charge in [0, 0.05) is 12.7 Å². The van der Waals surface area contributed by atoms with Crippen LogP contribution in [-0.4, -0.2) is 22.9 Å². The maximum absolute atomic E-state index is 12.4. The van der Waals surface area contributed by atoms with E-state index >= 15 is 0 Å². The highest BCUT2D eigenvalue weighted by Gasteiger charge is 2.42. The minimum absolute atomic E-state index is 0.120. The molecule has 0 bridgehead atoms. The normalized spacial score (nSPS) is 16.3. The number of rotatable bonds is 2. The number of aromatic amines is 1. The lowest BCUT2D eigenvalue weighted by Gasteiger charge is -2.16. The first-order chi connectivity index (χ1) is 11.5. The van der Waals surface area contributed by atoms with Gasteiger partial charge in [-0.25, -0.2) is 4.98 Å². The first kappa shape index (κ1) is 14.7. The summed E-state index contributed by atoms with van der Waals surface area (Å²) in [6, 6.07) is 14.2. The van der Waals surface area contributed by atoms with Gasteiger partial charge in [0.25, 0.3) is 0 Å². The van der Waals surface area contributed by atoms with E-state index in [0.717, 1.165) is 33.7 Å². The Morgan fingerprint density at radius 2 is 1.88 bits per heavy atom. The van der Waals surface area contributed by atoms with Crippen molar-refractivity contribution in [2.24, 2.45) is 0 Å². The minimum Gasteiger partial charge on any atom is -0.338 e. The lowest BCUT2D eigenvalue weighted by atomic mass is 9.86. The highest BCUT2D eigenvalue weighted by atomic mass is 16.2. The molecule has 0 aliphatic carbocycles. The van der Waals surface area contributed by atoms with Gasteiger partial charge in [0.2, 0.25) is 5.91 Å². The summed E-state index contributed by atoms with van der Waals surface area (Å²) in [5.41, 5.74) is 4.45. The Morgan fingerprint density at radius 1 is 1.12 bits per heavy atom. The number of carbonyl (C=O) groups excluding carboxylic acids is 1. The Morgan fingerprint density at radius 3 is 2.62 bits per heavy atom. The number of benzene rings is 2. The van der Waals surface area contributed by atoms with Crippen molar-refractivity contribution < 1.29 is 4.79 Å². The number of aromatic nitrogens is 2. The number of anilines is 1. The van der Waals surface area contributed by atoms with E-state index in [1.807, 2.05) is 63.4 Å². The Hall–Kier alpha value is -2.88. The van der Waals surface area contributed by atoms with Gasteiger partial charge in [0.05, 0.1) is 16.4 Å². The van der Waals surface area contributed by atoms with Gasteiger partial charge in [0.15, 0.2) is 0 Å². The second kappa shape index (κ2) is 5.06. The molecule has 0 atom stereocenters. The maximum atomic E-state index is 12.4. The number of nitrogens with one attached hydrogen (secondary N) is 1. The van der Waals surface area contributed by atoms with Crippen molar-refractivity contribution >= 4 is 34.8 Å². The van der Waals surface area contributed by atoms with Gasteiger partial charge in [-0.3, -0.25) is 4.79 Å². The van der Waals surface area contributed by atoms with Crippen molar-refractivity contribution in [2.45, 2.75) is 19.3 Å². The molecule has 0 radical (unpaired) electrons. The van der Waals surface area contributed by atoms with Crippen molar-refractivity contribution in [2.75, 3.05) is 11.9 Å². The number of hydrogen-bond donors (Lipinski definition) is 1. The molecule has 3 aromatic rings. The summed E-state index contributed by atoms with van der Waals surface area (Å²) in [5.74, 6) is 0.929. The second-order valence-electron chi connectivity index (χ2n) is 6.74. The molecule has 120 valence electrons. The number of likely N-dealkylation sites (N-methyl/N-ethyl adjacent to an activating group) is 1. The zero-order valence-electron chi connectivity index (χ0n) is 14.0. The number of imidazole rings is 1. The number of fused-ring (bicyclic) bond motifs is 2. The number of hydrogen-bond acceptors (Lipinski definition) is 2. The van der Waals surface area contributed by atoms with E-state index in [1.165, 1.54) is 0 Å². The van der Waals surface area contributed by atoms with Crippen LogP contribution in [0.25, 0.3) is 23.2 Å². The minimum atomic E-state index is -0.503. The summed E-state index contributed by atoms with van der Waals surface area (Å²) in [4.78, 5) is 22.1. The van der Waals surface area contributed by atoms with Gasteiger partial charge in [0.1, 0.15) is 5.82 Å². The largest absolute Gasteiger partial charge is 0.338 e. The molecule has 0 unspecified atom stereocenters. The van der Waals surface area contributed by atoms with Crippen LogP contribution in [0.2, 0.25) is 0 Å². The molecule has 1 aromatic heterocycles. The highest BCUT2D eigenvalue weighted by molar-refractivity contribution is 6.09. The molecule has 1 aliphatic heterocycles. The van der Waals surface area contributed by atoms with Gasteiger partial charge in [-0.05, 0) is 43.2 Å². The van der Waals surface area contributed by atoms with Crippen molar-refractivity contribution in [1.82, 2.24) is 9.97 Å². The summed E-state index contributed by atoms with van der Waals surface area (Å²) in [5, 5.41) is 0. The van der Waals surface area contributed by atoms with Crippen LogP contribution >= 0.6 is 0 Å². The van der Waals surface area contributed by atoms with Gasteiger partial charge in [-0.1, -0.05) is 36.4 Å². The van der Waals surface area contributed by atoms with Crippen molar-refractivity contribution in [3.8, 4) is 0 Å². The first-order valence-corrected chi connectivity index (χ1v) is 8.02. The Balaban J connectivity index is 1.76. The van der Waals surface area contributed by atoms with E-state index < -0.39 is 5.41 Å².